The fourth-order valence-corrected chi connectivity index (χ4v) is 4.04. The van der Waals surface area contributed by atoms with E-state index < -0.39 is 0 Å². The van der Waals surface area contributed by atoms with Crippen molar-refractivity contribution in [3.8, 4) is 11.4 Å². The van der Waals surface area contributed by atoms with E-state index in [4.69, 9.17) is 0 Å². The first-order valence-electron chi connectivity index (χ1n) is 9.51. The fraction of sp³-hybridized carbons (Fsp3) is 0.474. The topological polar surface area (TPSA) is 103 Å². The molecule has 1 aliphatic carbocycles. The lowest BCUT2D eigenvalue weighted by molar-refractivity contribution is -0.134. The van der Waals surface area contributed by atoms with Crippen molar-refractivity contribution < 1.29 is 4.79 Å². The van der Waals surface area contributed by atoms with Gasteiger partial charge in [-0.3, -0.25) is 20.0 Å². The Morgan fingerprint density at radius 1 is 1.26 bits per heavy atom. The molecule has 2 aliphatic heterocycles. The minimum Gasteiger partial charge on any atom is -0.335 e. The van der Waals surface area contributed by atoms with Crippen molar-refractivity contribution in [2.45, 2.75) is 44.3 Å². The summed E-state index contributed by atoms with van der Waals surface area (Å²) in [6, 6.07) is 3.86. The van der Waals surface area contributed by atoms with Gasteiger partial charge in [-0.2, -0.15) is 0 Å². The standard InChI is InChI=1S/C19H22N6O2/c26-18-13-5-7-25(19(27)15-8-14(23-24-15)11-3-4-11)10-16(13)21-17(22-18)12-2-1-6-20-9-12/h1-2,6,9,11,14-15,23-24H,3-5,7-8,10H2,(H,21,22,26). The van der Waals surface area contributed by atoms with Crippen LogP contribution in [0.1, 0.15) is 30.5 Å². The summed E-state index contributed by atoms with van der Waals surface area (Å²) in [6.45, 7) is 0.923. The van der Waals surface area contributed by atoms with Gasteiger partial charge < -0.3 is 9.88 Å². The van der Waals surface area contributed by atoms with Gasteiger partial charge in [0.05, 0.1) is 12.2 Å². The van der Waals surface area contributed by atoms with Crippen molar-refractivity contribution in [3.63, 3.8) is 0 Å². The summed E-state index contributed by atoms with van der Waals surface area (Å²) >= 11 is 0. The highest BCUT2D eigenvalue weighted by molar-refractivity contribution is 5.82. The first-order valence-corrected chi connectivity index (χ1v) is 9.51. The molecule has 2 aromatic heterocycles. The number of rotatable bonds is 3. The van der Waals surface area contributed by atoms with Gasteiger partial charge in [-0.15, -0.1) is 0 Å². The Kier molecular flexibility index (Phi) is 4.02. The van der Waals surface area contributed by atoms with E-state index in [9.17, 15) is 9.59 Å². The quantitative estimate of drug-likeness (QED) is 0.725. The number of nitrogens with one attached hydrogen (secondary N) is 3. The Morgan fingerprint density at radius 3 is 2.93 bits per heavy atom. The summed E-state index contributed by atoms with van der Waals surface area (Å²) in [5, 5.41) is 0. The highest BCUT2D eigenvalue weighted by atomic mass is 16.2. The minimum absolute atomic E-state index is 0.0845. The number of hydrazine groups is 1. The second kappa shape index (κ2) is 6.54. The molecule has 4 heterocycles. The first kappa shape index (κ1) is 16.6. The highest BCUT2D eigenvalue weighted by Gasteiger charge is 2.40. The molecule has 8 heteroatoms. The predicted octanol–water partition coefficient (Wildman–Crippen LogP) is 0.362. The Hall–Kier alpha value is -2.58. The summed E-state index contributed by atoms with van der Waals surface area (Å²) in [4.78, 5) is 38.8. The molecule has 3 N–H and O–H groups in total. The van der Waals surface area contributed by atoms with E-state index in [0.717, 1.165) is 12.0 Å². The number of carbonyl (C=O) groups excluding carboxylic acids is 1. The van der Waals surface area contributed by atoms with E-state index in [-0.39, 0.29) is 17.5 Å². The molecule has 2 unspecified atom stereocenters. The van der Waals surface area contributed by atoms with Gasteiger partial charge in [0.25, 0.3) is 5.56 Å². The van der Waals surface area contributed by atoms with Crippen molar-refractivity contribution in [1.29, 1.82) is 0 Å². The second-order valence-corrected chi connectivity index (χ2v) is 7.61. The molecule has 0 radical (unpaired) electrons. The maximum atomic E-state index is 12.9. The molecule has 2 atom stereocenters. The lowest BCUT2D eigenvalue weighted by Gasteiger charge is -2.29. The van der Waals surface area contributed by atoms with Gasteiger partial charge in [-0.25, -0.2) is 10.4 Å². The molecule has 27 heavy (non-hydrogen) atoms. The number of fused-ring (bicyclic) bond motifs is 1. The molecule has 0 spiro atoms. The van der Waals surface area contributed by atoms with Crippen LogP contribution in [0.4, 0.5) is 0 Å². The largest absolute Gasteiger partial charge is 0.335 e. The Morgan fingerprint density at radius 2 is 2.15 bits per heavy atom. The van der Waals surface area contributed by atoms with E-state index in [1.165, 1.54) is 12.8 Å². The SMILES string of the molecule is O=C(C1CC(C2CC2)NN1)N1CCc2c(nc(-c3cccnc3)[nH]c2=O)C1. The zero-order valence-corrected chi connectivity index (χ0v) is 14.9. The third-order valence-corrected chi connectivity index (χ3v) is 5.74. The van der Waals surface area contributed by atoms with Crippen LogP contribution in [0.3, 0.4) is 0 Å². The van der Waals surface area contributed by atoms with E-state index in [1.54, 1.807) is 18.5 Å². The van der Waals surface area contributed by atoms with Crippen molar-refractivity contribution in [3.05, 3.63) is 46.1 Å². The van der Waals surface area contributed by atoms with Crippen molar-refractivity contribution in [2.75, 3.05) is 6.54 Å². The van der Waals surface area contributed by atoms with Crippen LogP contribution in [-0.2, 0) is 17.8 Å². The molecule has 2 fully saturated rings. The number of aromatic nitrogens is 3. The van der Waals surface area contributed by atoms with Crippen LogP contribution in [0.2, 0.25) is 0 Å². The van der Waals surface area contributed by atoms with Gasteiger partial charge in [0.1, 0.15) is 11.9 Å². The summed E-state index contributed by atoms with van der Waals surface area (Å²) in [7, 11) is 0. The molecule has 140 valence electrons. The summed E-state index contributed by atoms with van der Waals surface area (Å²) in [6.07, 6.45) is 7.21. The van der Waals surface area contributed by atoms with Gasteiger partial charge in [0.15, 0.2) is 0 Å². The van der Waals surface area contributed by atoms with Crippen LogP contribution in [-0.4, -0.2) is 44.4 Å². The van der Waals surface area contributed by atoms with Gasteiger partial charge >= 0.3 is 0 Å². The molecular weight excluding hydrogens is 344 g/mol. The number of nitrogens with zero attached hydrogens (tertiary/aromatic N) is 3. The average molecular weight is 366 g/mol. The molecule has 5 rings (SSSR count). The van der Waals surface area contributed by atoms with E-state index in [0.29, 0.717) is 48.6 Å². The average Bonchev–Trinajstić information content (AvgIpc) is 3.44. The van der Waals surface area contributed by atoms with Crippen molar-refractivity contribution in [1.82, 2.24) is 30.7 Å². The Labute approximate surface area is 156 Å². The highest BCUT2D eigenvalue weighted by Crippen LogP contribution is 2.36. The van der Waals surface area contributed by atoms with Crippen LogP contribution in [0.15, 0.2) is 29.3 Å². The number of hydrogen-bond acceptors (Lipinski definition) is 6. The molecule has 1 saturated heterocycles. The number of amides is 1. The maximum Gasteiger partial charge on any atom is 0.254 e. The number of aromatic amines is 1. The van der Waals surface area contributed by atoms with E-state index in [2.05, 4.69) is 25.8 Å². The lowest BCUT2D eigenvalue weighted by Crippen LogP contribution is -2.48. The first-order chi connectivity index (χ1) is 13.2. The Bertz CT molecular complexity index is 924. The van der Waals surface area contributed by atoms with Crippen LogP contribution >= 0.6 is 0 Å². The van der Waals surface area contributed by atoms with E-state index in [1.807, 2.05) is 11.0 Å². The van der Waals surface area contributed by atoms with Gasteiger partial charge in [-0.1, -0.05) is 0 Å². The molecule has 0 bridgehead atoms. The van der Waals surface area contributed by atoms with Gasteiger partial charge in [0, 0.05) is 36.1 Å². The lowest BCUT2D eigenvalue weighted by atomic mass is 10.0. The molecular formula is C19H22N6O2. The number of pyridine rings is 1. The summed E-state index contributed by atoms with van der Waals surface area (Å²) < 4.78 is 0. The molecule has 8 nitrogen and oxygen atoms in total. The molecule has 0 aromatic carbocycles. The van der Waals surface area contributed by atoms with Crippen LogP contribution in [0.25, 0.3) is 11.4 Å². The zero-order valence-electron chi connectivity index (χ0n) is 14.9. The normalized spacial score (nSPS) is 24.7. The van der Waals surface area contributed by atoms with Gasteiger partial charge in [-0.05, 0) is 43.7 Å². The third-order valence-electron chi connectivity index (χ3n) is 5.74. The van der Waals surface area contributed by atoms with Gasteiger partial charge in [0.2, 0.25) is 5.91 Å². The molecule has 3 aliphatic rings. The van der Waals surface area contributed by atoms with E-state index >= 15 is 0 Å². The number of H-pyrrole nitrogens is 1. The van der Waals surface area contributed by atoms with Crippen molar-refractivity contribution in [2.24, 2.45) is 5.92 Å². The van der Waals surface area contributed by atoms with Crippen LogP contribution in [0, 0.1) is 5.92 Å². The maximum absolute atomic E-state index is 12.9. The number of hydrogen-bond donors (Lipinski definition) is 3. The molecule has 2 aromatic rings. The molecule has 1 saturated carbocycles. The number of carbonyl (C=O) groups is 1. The molecule has 1 amide bonds. The fourth-order valence-electron chi connectivity index (χ4n) is 4.04. The van der Waals surface area contributed by atoms with Crippen LogP contribution in [0.5, 0.6) is 0 Å². The minimum atomic E-state index is -0.197. The summed E-state index contributed by atoms with van der Waals surface area (Å²) in [5.41, 5.74) is 8.43. The third kappa shape index (κ3) is 3.15. The summed E-state index contributed by atoms with van der Waals surface area (Å²) in [5.74, 6) is 1.29. The smallest absolute Gasteiger partial charge is 0.254 e. The van der Waals surface area contributed by atoms with Crippen molar-refractivity contribution >= 4 is 5.91 Å². The second-order valence-electron chi connectivity index (χ2n) is 7.61. The predicted molar refractivity (Wildman–Crippen MR) is 98.4 cm³/mol. The Balaban J connectivity index is 1.36. The zero-order chi connectivity index (χ0) is 18.4. The monoisotopic (exact) mass is 366 g/mol. The van der Waals surface area contributed by atoms with Crippen LogP contribution < -0.4 is 16.4 Å².